The third-order valence-corrected chi connectivity index (χ3v) is 1.49. The van der Waals surface area contributed by atoms with Gasteiger partial charge < -0.3 is 5.11 Å². The Kier molecular flexibility index (Phi) is 13.2. The van der Waals surface area contributed by atoms with Crippen LogP contribution in [0.5, 0.6) is 0 Å². The van der Waals surface area contributed by atoms with Crippen LogP contribution in [0.1, 0.15) is 45.4 Å². The fraction of sp³-hybridized carbons (Fsp3) is 0.875. The van der Waals surface area contributed by atoms with Crippen LogP contribution in [-0.4, -0.2) is 38.4 Å². The van der Waals surface area contributed by atoms with Gasteiger partial charge in [0.2, 0.25) is 0 Å². The van der Waals surface area contributed by atoms with Crippen LogP contribution < -0.4 is 0 Å². The van der Waals surface area contributed by atoms with E-state index in [0.717, 1.165) is 12.8 Å². The van der Waals surface area contributed by atoms with Gasteiger partial charge in [0.1, 0.15) is 0 Å². The summed E-state index contributed by atoms with van der Waals surface area (Å²) in [5.41, 5.74) is 0. The molecule has 0 aromatic carbocycles. The summed E-state index contributed by atoms with van der Waals surface area (Å²) in [5, 5.41) is 8.27. The topological polar surface area (TPSA) is 37.3 Å². The molecule has 0 saturated carbocycles. The number of unbranched alkanes of at least 4 members (excludes halogenated alkanes) is 4. The monoisotopic (exact) mass is 352 g/mol. The third-order valence-electron chi connectivity index (χ3n) is 1.49. The Morgan fingerprint density at radius 1 is 1.18 bits per heavy atom. The molecule has 0 aliphatic heterocycles. The van der Waals surface area contributed by atoms with Crippen molar-refractivity contribution in [3.8, 4) is 0 Å². The number of hydrogen-bond donors (Lipinski definition) is 1. The van der Waals surface area contributed by atoms with Gasteiger partial charge in [0.25, 0.3) is 0 Å². The predicted octanol–water partition coefficient (Wildman–Crippen LogP) is 2.05. The molecule has 0 atom stereocenters. The van der Waals surface area contributed by atoms with Crippen molar-refractivity contribution in [1.82, 2.24) is 0 Å². The zero-order chi connectivity index (χ0) is 7.82. The molecule has 0 spiro atoms. The van der Waals surface area contributed by atoms with Gasteiger partial charge >= 0.3 is 5.97 Å². The molecular weight excluding hydrogens is 335 g/mol. The van der Waals surface area contributed by atoms with E-state index in [9.17, 15) is 4.79 Å². The Labute approximate surface area is 88.5 Å². The minimum atomic E-state index is -0.670. The summed E-state index contributed by atoms with van der Waals surface area (Å²) >= 11 is 0. The molecule has 64 valence electrons. The van der Waals surface area contributed by atoms with E-state index in [-0.39, 0.29) is 27.3 Å². The fourth-order valence-electron chi connectivity index (χ4n) is 0.880. The molecular formula is C8H16O2Pb. The van der Waals surface area contributed by atoms with Gasteiger partial charge in [-0.05, 0) is 6.42 Å². The van der Waals surface area contributed by atoms with Crippen LogP contribution >= 0.6 is 0 Å². The summed E-state index contributed by atoms with van der Waals surface area (Å²) in [4.78, 5) is 10.0. The number of carboxylic acid groups (broad SMARTS) is 1. The summed E-state index contributed by atoms with van der Waals surface area (Å²) in [5.74, 6) is -0.670. The van der Waals surface area contributed by atoms with Crippen LogP contribution in [0.15, 0.2) is 0 Å². The van der Waals surface area contributed by atoms with E-state index in [2.05, 4.69) is 6.92 Å². The van der Waals surface area contributed by atoms with Gasteiger partial charge in [-0.1, -0.05) is 32.6 Å². The average molecular weight is 351 g/mol. The quantitative estimate of drug-likeness (QED) is 0.587. The SMILES string of the molecule is CCCCCCCC(=O)O.[Pb]. The minimum absolute atomic E-state index is 0. The Bertz CT molecular complexity index is 94.1. The molecule has 0 aliphatic rings. The van der Waals surface area contributed by atoms with E-state index in [4.69, 9.17) is 5.11 Å². The standard InChI is InChI=1S/C8H16O2.Pb/c1-2-3-4-5-6-7-8(9)10;/h2-7H2,1H3,(H,9,10);. The van der Waals surface area contributed by atoms with Gasteiger partial charge in [-0.25, -0.2) is 0 Å². The molecule has 0 aromatic heterocycles. The van der Waals surface area contributed by atoms with Crippen molar-refractivity contribution in [3.05, 3.63) is 0 Å². The zero-order valence-corrected chi connectivity index (χ0v) is 11.0. The van der Waals surface area contributed by atoms with Crippen LogP contribution in [-0.2, 0) is 4.79 Å². The first-order chi connectivity index (χ1) is 4.77. The molecule has 1 N–H and O–H groups in total. The van der Waals surface area contributed by atoms with Crippen LogP contribution in [0.4, 0.5) is 0 Å². The van der Waals surface area contributed by atoms with Crippen molar-refractivity contribution in [2.45, 2.75) is 45.4 Å². The van der Waals surface area contributed by atoms with Gasteiger partial charge in [-0.2, -0.15) is 0 Å². The van der Waals surface area contributed by atoms with Gasteiger partial charge in [0, 0.05) is 33.7 Å². The molecule has 11 heavy (non-hydrogen) atoms. The molecule has 4 radical (unpaired) electrons. The molecule has 3 heteroatoms. The van der Waals surface area contributed by atoms with Crippen molar-refractivity contribution in [3.63, 3.8) is 0 Å². The van der Waals surface area contributed by atoms with Gasteiger partial charge in [0.05, 0.1) is 0 Å². The molecule has 0 fully saturated rings. The smallest absolute Gasteiger partial charge is 0.303 e. The summed E-state index contributed by atoms with van der Waals surface area (Å²) in [6.45, 7) is 2.15. The maximum absolute atomic E-state index is 10.0. The first kappa shape index (κ1) is 13.9. The van der Waals surface area contributed by atoms with E-state index in [1.165, 1.54) is 19.3 Å². The van der Waals surface area contributed by atoms with Crippen LogP contribution in [0.25, 0.3) is 0 Å². The molecule has 0 saturated heterocycles. The average Bonchev–Trinajstić information content (AvgIpc) is 1.87. The summed E-state index contributed by atoms with van der Waals surface area (Å²) in [7, 11) is 0. The van der Waals surface area contributed by atoms with Gasteiger partial charge in [-0.15, -0.1) is 0 Å². The maximum Gasteiger partial charge on any atom is 0.303 e. The molecule has 0 amide bonds. The summed E-state index contributed by atoms with van der Waals surface area (Å²) in [6.07, 6.45) is 5.88. The Morgan fingerprint density at radius 3 is 2.18 bits per heavy atom. The first-order valence-electron chi connectivity index (χ1n) is 3.99. The van der Waals surface area contributed by atoms with Crippen molar-refractivity contribution < 1.29 is 9.90 Å². The normalized spacial score (nSPS) is 8.82. The number of rotatable bonds is 6. The number of carbonyl (C=O) groups is 1. The van der Waals surface area contributed by atoms with Crippen molar-refractivity contribution >= 4 is 33.3 Å². The summed E-state index contributed by atoms with van der Waals surface area (Å²) in [6, 6.07) is 0. The number of aliphatic carboxylic acids is 1. The van der Waals surface area contributed by atoms with E-state index in [0.29, 0.717) is 6.42 Å². The van der Waals surface area contributed by atoms with E-state index < -0.39 is 5.97 Å². The molecule has 2 nitrogen and oxygen atoms in total. The molecule has 0 heterocycles. The number of carboxylic acids is 1. The van der Waals surface area contributed by atoms with Crippen molar-refractivity contribution in [1.29, 1.82) is 0 Å². The van der Waals surface area contributed by atoms with Crippen LogP contribution in [0.3, 0.4) is 0 Å². The maximum atomic E-state index is 10.0. The van der Waals surface area contributed by atoms with Crippen LogP contribution in [0.2, 0.25) is 0 Å². The molecule has 0 unspecified atom stereocenters. The second-order valence-corrected chi connectivity index (χ2v) is 2.56. The van der Waals surface area contributed by atoms with E-state index in [1.807, 2.05) is 0 Å². The third kappa shape index (κ3) is 13.4. The van der Waals surface area contributed by atoms with E-state index in [1.54, 1.807) is 0 Å². The summed E-state index contributed by atoms with van der Waals surface area (Å²) < 4.78 is 0. The molecule has 0 aromatic rings. The Balaban J connectivity index is 0. The Morgan fingerprint density at radius 2 is 1.73 bits per heavy atom. The molecule has 0 aliphatic carbocycles. The fourth-order valence-corrected chi connectivity index (χ4v) is 0.880. The van der Waals surface area contributed by atoms with Gasteiger partial charge in [-0.3, -0.25) is 4.79 Å². The molecule has 0 rings (SSSR count). The largest absolute Gasteiger partial charge is 0.481 e. The Hall–Kier alpha value is 0.392. The van der Waals surface area contributed by atoms with E-state index >= 15 is 0 Å². The number of hydrogen-bond acceptors (Lipinski definition) is 1. The first-order valence-corrected chi connectivity index (χ1v) is 3.99. The van der Waals surface area contributed by atoms with Gasteiger partial charge in [0.15, 0.2) is 0 Å². The predicted molar refractivity (Wildman–Crippen MR) is 46.8 cm³/mol. The molecule has 0 bridgehead atoms. The second-order valence-electron chi connectivity index (χ2n) is 2.56. The zero-order valence-electron chi connectivity index (χ0n) is 7.10. The minimum Gasteiger partial charge on any atom is -0.481 e. The van der Waals surface area contributed by atoms with Crippen molar-refractivity contribution in [2.24, 2.45) is 0 Å². The second kappa shape index (κ2) is 10.4. The van der Waals surface area contributed by atoms with Crippen molar-refractivity contribution in [2.75, 3.05) is 0 Å². The van der Waals surface area contributed by atoms with Crippen LogP contribution in [0, 0.1) is 0 Å².